The number of ketones is 1. The fourth-order valence-electron chi connectivity index (χ4n) is 4.63. The Morgan fingerprint density at radius 3 is 2.77 bits per heavy atom. The van der Waals surface area contributed by atoms with Crippen molar-refractivity contribution in [2.45, 2.75) is 45.6 Å². The molecule has 0 radical (unpaired) electrons. The highest BCUT2D eigenvalue weighted by atomic mass is 32.1. The molecule has 1 fully saturated rings. The molecule has 0 spiro atoms. The molecule has 1 saturated heterocycles. The summed E-state index contributed by atoms with van der Waals surface area (Å²) in [7, 11) is 1.73. The summed E-state index contributed by atoms with van der Waals surface area (Å²) in [6, 6.07) is 10.5. The molecule has 1 N–H and O–H groups in total. The number of hydrogen-bond donors (Lipinski definition) is 1. The lowest BCUT2D eigenvalue weighted by atomic mass is 9.97. The molecular formula is C24H32N3O2S+. The number of likely N-dealkylation sites (tertiary alicyclic amines) is 1. The lowest BCUT2D eigenvalue weighted by Crippen LogP contribution is -3.13. The fraction of sp³-hybridized carbons (Fsp3) is 0.500. The first kappa shape index (κ1) is 21.2. The summed E-state index contributed by atoms with van der Waals surface area (Å²) in [5, 5.41) is 1.26. The largest absolute Gasteiger partial charge is 0.385 e. The van der Waals surface area contributed by atoms with Gasteiger partial charge in [0.1, 0.15) is 6.54 Å². The normalized spacial score (nSPS) is 19.4. The van der Waals surface area contributed by atoms with Crippen LogP contribution in [-0.2, 0) is 11.3 Å². The lowest BCUT2D eigenvalue weighted by molar-refractivity contribution is -0.896. The number of nitrogens with zero attached hydrogens (tertiary/aromatic N) is 2. The van der Waals surface area contributed by atoms with Crippen LogP contribution in [-0.4, -0.2) is 48.7 Å². The van der Waals surface area contributed by atoms with Gasteiger partial charge in [0.15, 0.2) is 0 Å². The standard InChI is InChI=1S/C24H31N3O2S/c1-17-15-20(18(2)27(17)11-6-14-29-3)22(28)16-26-12-9-19(10-13-26)24-25-21-7-4-5-8-23(21)30-24/h4-5,7-8,15,19H,6,9-14,16H2,1-3H3/p+1. The number of thiazole rings is 1. The molecule has 5 nitrogen and oxygen atoms in total. The summed E-state index contributed by atoms with van der Waals surface area (Å²) in [5.41, 5.74) is 4.27. The zero-order chi connectivity index (χ0) is 21.1. The van der Waals surface area contributed by atoms with Crippen molar-refractivity contribution >= 4 is 27.3 Å². The number of ether oxygens (including phenoxy) is 1. The molecule has 2 aromatic heterocycles. The molecule has 3 aromatic rings. The number of nitrogens with one attached hydrogen (secondary N) is 1. The van der Waals surface area contributed by atoms with Gasteiger partial charge in [-0.15, -0.1) is 11.3 Å². The highest BCUT2D eigenvalue weighted by molar-refractivity contribution is 7.18. The van der Waals surface area contributed by atoms with Gasteiger partial charge in [-0.05, 0) is 38.5 Å². The van der Waals surface area contributed by atoms with Crippen molar-refractivity contribution in [2.24, 2.45) is 0 Å². The molecule has 3 heterocycles. The molecule has 0 saturated carbocycles. The second-order valence-electron chi connectivity index (χ2n) is 8.43. The average molecular weight is 427 g/mol. The first-order valence-corrected chi connectivity index (χ1v) is 11.8. The summed E-state index contributed by atoms with van der Waals surface area (Å²) in [4.78, 5) is 19.3. The van der Waals surface area contributed by atoms with E-state index in [1.165, 1.54) is 14.6 Å². The highest BCUT2D eigenvalue weighted by Gasteiger charge is 2.28. The van der Waals surface area contributed by atoms with Crippen molar-refractivity contribution in [1.29, 1.82) is 0 Å². The molecule has 0 atom stereocenters. The van der Waals surface area contributed by atoms with E-state index in [0.717, 1.165) is 68.0 Å². The molecule has 0 aliphatic carbocycles. The number of quaternary nitrogens is 1. The first-order valence-electron chi connectivity index (χ1n) is 10.9. The summed E-state index contributed by atoms with van der Waals surface area (Å²) >= 11 is 1.83. The number of methoxy groups -OCH3 is 1. The van der Waals surface area contributed by atoms with Gasteiger partial charge in [-0.3, -0.25) is 4.79 Å². The van der Waals surface area contributed by atoms with E-state index >= 15 is 0 Å². The van der Waals surface area contributed by atoms with E-state index in [-0.39, 0.29) is 5.78 Å². The van der Waals surface area contributed by atoms with Crippen LogP contribution in [0.1, 0.15) is 51.9 Å². The van der Waals surface area contributed by atoms with E-state index in [0.29, 0.717) is 12.5 Å². The molecule has 30 heavy (non-hydrogen) atoms. The zero-order valence-corrected chi connectivity index (χ0v) is 19.1. The quantitative estimate of drug-likeness (QED) is 0.444. The number of carbonyl (C=O) groups is 1. The maximum atomic E-state index is 13.0. The van der Waals surface area contributed by atoms with E-state index < -0.39 is 0 Å². The van der Waals surface area contributed by atoms with Crippen LogP contribution in [0.15, 0.2) is 30.3 Å². The first-order chi connectivity index (χ1) is 14.6. The molecule has 0 amide bonds. The van der Waals surface area contributed by atoms with Crippen LogP contribution < -0.4 is 4.90 Å². The van der Waals surface area contributed by atoms with Gasteiger partial charge in [0, 0.05) is 56.0 Å². The molecule has 1 aromatic carbocycles. The van der Waals surface area contributed by atoms with Crippen molar-refractivity contribution < 1.29 is 14.4 Å². The van der Waals surface area contributed by atoms with Gasteiger partial charge >= 0.3 is 0 Å². The van der Waals surface area contributed by atoms with Gasteiger partial charge < -0.3 is 14.2 Å². The van der Waals surface area contributed by atoms with Gasteiger partial charge in [0.2, 0.25) is 5.78 Å². The number of hydrogen-bond acceptors (Lipinski definition) is 4. The average Bonchev–Trinajstić information content (AvgIpc) is 3.30. The summed E-state index contributed by atoms with van der Waals surface area (Å²) in [6.45, 7) is 8.48. The van der Waals surface area contributed by atoms with Crippen LogP contribution in [0.4, 0.5) is 0 Å². The van der Waals surface area contributed by atoms with Gasteiger partial charge in [0.25, 0.3) is 0 Å². The predicted molar refractivity (Wildman–Crippen MR) is 122 cm³/mol. The SMILES string of the molecule is COCCCn1c(C)cc(C(=O)C[NH+]2CCC(c3nc4ccccc4s3)CC2)c1C. The molecular weight excluding hydrogens is 394 g/mol. The van der Waals surface area contributed by atoms with Gasteiger partial charge in [-0.2, -0.15) is 0 Å². The molecule has 160 valence electrons. The molecule has 1 aliphatic heterocycles. The number of aryl methyl sites for hydroxylation is 1. The number of carbonyl (C=O) groups excluding carboxylic acids is 1. The number of benzene rings is 1. The molecule has 0 bridgehead atoms. The molecule has 6 heteroatoms. The monoisotopic (exact) mass is 426 g/mol. The van der Waals surface area contributed by atoms with Crippen molar-refractivity contribution in [3.05, 3.63) is 52.3 Å². The Bertz CT molecular complexity index is 982. The number of piperidine rings is 1. The fourth-order valence-corrected chi connectivity index (χ4v) is 5.77. The summed E-state index contributed by atoms with van der Waals surface area (Å²) < 4.78 is 8.70. The number of aromatic nitrogens is 2. The van der Waals surface area contributed by atoms with Crippen molar-refractivity contribution in [3.63, 3.8) is 0 Å². The van der Waals surface area contributed by atoms with E-state index in [2.05, 4.69) is 48.7 Å². The summed E-state index contributed by atoms with van der Waals surface area (Å²) in [6.07, 6.45) is 3.18. The maximum Gasteiger partial charge on any atom is 0.218 e. The van der Waals surface area contributed by atoms with Crippen LogP contribution in [0.5, 0.6) is 0 Å². The third kappa shape index (κ3) is 4.51. The van der Waals surface area contributed by atoms with Gasteiger partial charge in [-0.1, -0.05) is 12.1 Å². The minimum Gasteiger partial charge on any atom is -0.385 e. The molecule has 4 rings (SSSR count). The Hall–Kier alpha value is -2.02. The number of rotatable bonds is 8. The molecule has 0 unspecified atom stereocenters. The number of Topliss-reactive ketones (excluding diaryl/α,β-unsaturated/α-hetero) is 1. The zero-order valence-electron chi connectivity index (χ0n) is 18.2. The van der Waals surface area contributed by atoms with Gasteiger partial charge in [0.05, 0.1) is 28.3 Å². The Labute approximate surface area is 182 Å². The number of fused-ring (bicyclic) bond motifs is 1. The van der Waals surface area contributed by atoms with E-state index in [4.69, 9.17) is 9.72 Å². The Morgan fingerprint density at radius 1 is 1.27 bits per heavy atom. The van der Waals surface area contributed by atoms with Crippen LogP contribution in [0.2, 0.25) is 0 Å². The number of para-hydroxylation sites is 1. The lowest BCUT2D eigenvalue weighted by Gasteiger charge is -2.27. The highest BCUT2D eigenvalue weighted by Crippen LogP contribution is 2.31. The second kappa shape index (κ2) is 9.41. The summed E-state index contributed by atoms with van der Waals surface area (Å²) in [5.74, 6) is 0.807. The predicted octanol–water partition coefficient (Wildman–Crippen LogP) is 3.40. The Balaban J connectivity index is 1.34. The van der Waals surface area contributed by atoms with Crippen molar-refractivity contribution in [3.8, 4) is 0 Å². The minimum absolute atomic E-state index is 0.273. The second-order valence-corrected chi connectivity index (χ2v) is 9.49. The topological polar surface area (TPSA) is 48.6 Å². The van der Waals surface area contributed by atoms with Crippen molar-refractivity contribution in [2.75, 3.05) is 33.4 Å². The van der Waals surface area contributed by atoms with E-state index in [1.807, 2.05) is 11.3 Å². The van der Waals surface area contributed by atoms with E-state index in [1.54, 1.807) is 7.11 Å². The third-order valence-corrected chi connectivity index (χ3v) is 7.57. The van der Waals surface area contributed by atoms with Crippen LogP contribution in [0, 0.1) is 13.8 Å². The smallest absolute Gasteiger partial charge is 0.218 e. The van der Waals surface area contributed by atoms with Crippen LogP contribution in [0.25, 0.3) is 10.2 Å². The third-order valence-electron chi connectivity index (χ3n) is 6.37. The van der Waals surface area contributed by atoms with Crippen molar-refractivity contribution in [1.82, 2.24) is 9.55 Å². The van der Waals surface area contributed by atoms with Crippen LogP contribution >= 0.6 is 11.3 Å². The maximum absolute atomic E-state index is 13.0. The van der Waals surface area contributed by atoms with Gasteiger partial charge in [-0.25, -0.2) is 4.98 Å². The Kier molecular flexibility index (Phi) is 6.66. The van der Waals surface area contributed by atoms with Crippen LogP contribution in [0.3, 0.4) is 0 Å². The van der Waals surface area contributed by atoms with E-state index in [9.17, 15) is 4.79 Å². The Morgan fingerprint density at radius 2 is 2.03 bits per heavy atom. The minimum atomic E-state index is 0.273. The molecule has 1 aliphatic rings.